The Morgan fingerprint density at radius 1 is 1.41 bits per heavy atom. The Kier molecular flexibility index (Phi) is 3.79. The van der Waals surface area contributed by atoms with Gasteiger partial charge in [-0.15, -0.1) is 0 Å². The standard InChI is InChI=1S/C13H8FN3O4S/c14-10-5-9(17(18)19)1-2-11(10)20-6-12-15-13(16-21-12)8-3-4-22-7-8/h1-5,7H,6H2. The Morgan fingerprint density at radius 3 is 2.95 bits per heavy atom. The van der Waals surface area contributed by atoms with Crippen molar-refractivity contribution >= 4 is 17.0 Å². The summed E-state index contributed by atoms with van der Waals surface area (Å²) in [7, 11) is 0. The quantitative estimate of drug-likeness (QED) is 0.528. The highest BCUT2D eigenvalue weighted by molar-refractivity contribution is 7.08. The van der Waals surface area contributed by atoms with Gasteiger partial charge < -0.3 is 9.26 Å². The van der Waals surface area contributed by atoms with Gasteiger partial charge >= 0.3 is 0 Å². The first-order valence-electron chi connectivity index (χ1n) is 6.05. The lowest BCUT2D eigenvalue weighted by Crippen LogP contribution is -1.98. The van der Waals surface area contributed by atoms with Crippen LogP contribution in [0.2, 0.25) is 0 Å². The first-order valence-corrected chi connectivity index (χ1v) is 6.99. The molecule has 0 aliphatic rings. The number of thiophene rings is 1. The predicted octanol–water partition coefficient (Wildman–Crippen LogP) is 3.42. The zero-order valence-electron chi connectivity index (χ0n) is 10.9. The topological polar surface area (TPSA) is 91.3 Å². The van der Waals surface area contributed by atoms with Crippen molar-refractivity contribution in [2.75, 3.05) is 0 Å². The molecule has 2 aromatic heterocycles. The van der Waals surface area contributed by atoms with Gasteiger partial charge in [0.1, 0.15) is 0 Å². The Bertz CT molecular complexity index is 803. The molecule has 2 heterocycles. The van der Waals surface area contributed by atoms with Crippen LogP contribution in [0.4, 0.5) is 10.1 Å². The van der Waals surface area contributed by atoms with Crippen molar-refractivity contribution in [1.82, 2.24) is 10.1 Å². The van der Waals surface area contributed by atoms with Crippen molar-refractivity contribution in [2.24, 2.45) is 0 Å². The minimum Gasteiger partial charge on any atom is -0.481 e. The van der Waals surface area contributed by atoms with Gasteiger partial charge in [-0.25, -0.2) is 4.39 Å². The first kappa shape index (κ1) is 14.1. The molecule has 0 unspecified atom stereocenters. The summed E-state index contributed by atoms with van der Waals surface area (Å²) in [5.41, 5.74) is 0.476. The van der Waals surface area contributed by atoms with Crippen LogP contribution in [-0.2, 0) is 6.61 Å². The van der Waals surface area contributed by atoms with Crippen LogP contribution in [0.25, 0.3) is 11.4 Å². The van der Waals surface area contributed by atoms with Crippen LogP contribution < -0.4 is 4.74 Å². The Hall–Kier alpha value is -2.81. The van der Waals surface area contributed by atoms with Crippen molar-refractivity contribution in [3.05, 3.63) is 56.8 Å². The highest BCUT2D eigenvalue weighted by Gasteiger charge is 2.14. The monoisotopic (exact) mass is 321 g/mol. The fourth-order valence-corrected chi connectivity index (χ4v) is 2.32. The van der Waals surface area contributed by atoms with Crippen molar-refractivity contribution in [1.29, 1.82) is 0 Å². The van der Waals surface area contributed by atoms with Crippen LogP contribution in [0.1, 0.15) is 5.89 Å². The number of nitro groups is 1. The predicted molar refractivity (Wildman–Crippen MR) is 75.0 cm³/mol. The van der Waals surface area contributed by atoms with Crippen molar-refractivity contribution in [2.45, 2.75) is 6.61 Å². The third-order valence-corrected chi connectivity index (χ3v) is 3.41. The number of non-ortho nitro benzene ring substituents is 1. The van der Waals surface area contributed by atoms with E-state index in [9.17, 15) is 14.5 Å². The summed E-state index contributed by atoms with van der Waals surface area (Å²) < 4.78 is 23.8. The van der Waals surface area contributed by atoms with Gasteiger partial charge in [0.15, 0.2) is 18.2 Å². The largest absolute Gasteiger partial charge is 0.481 e. The van der Waals surface area contributed by atoms with E-state index in [1.807, 2.05) is 16.8 Å². The number of hydrogen-bond acceptors (Lipinski definition) is 7. The molecule has 0 aliphatic carbocycles. The number of halogens is 1. The maximum absolute atomic E-state index is 13.6. The molecule has 1 aromatic carbocycles. The highest BCUT2D eigenvalue weighted by Crippen LogP contribution is 2.24. The fourth-order valence-electron chi connectivity index (χ4n) is 1.68. The van der Waals surface area contributed by atoms with E-state index in [-0.39, 0.29) is 23.9 Å². The summed E-state index contributed by atoms with van der Waals surface area (Å²) in [6.45, 7) is -0.133. The molecule has 0 saturated carbocycles. The molecule has 9 heteroatoms. The zero-order valence-corrected chi connectivity index (χ0v) is 11.7. The van der Waals surface area contributed by atoms with E-state index in [0.29, 0.717) is 5.82 Å². The van der Waals surface area contributed by atoms with Crippen LogP contribution in [0, 0.1) is 15.9 Å². The summed E-state index contributed by atoms with van der Waals surface area (Å²) in [6.07, 6.45) is 0. The highest BCUT2D eigenvalue weighted by atomic mass is 32.1. The van der Waals surface area contributed by atoms with Gasteiger partial charge in [0.05, 0.1) is 11.0 Å². The van der Waals surface area contributed by atoms with Crippen LogP contribution in [0.5, 0.6) is 5.75 Å². The van der Waals surface area contributed by atoms with Crippen molar-refractivity contribution in [3.63, 3.8) is 0 Å². The minimum atomic E-state index is -0.827. The molecule has 22 heavy (non-hydrogen) atoms. The number of aromatic nitrogens is 2. The average molecular weight is 321 g/mol. The van der Waals surface area contributed by atoms with Crippen molar-refractivity contribution < 1.29 is 18.6 Å². The molecule has 0 atom stereocenters. The van der Waals surface area contributed by atoms with Gasteiger partial charge in [0.25, 0.3) is 11.6 Å². The normalized spacial score (nSPS) is 10.6. The Balaban J connectivity index is 1.69. The summed E-state index contributed by atoms with van der Waals surface area (Å²) in [4.78, 5) is 14.0. The second-order valence-corrected chi connectivity index (χ2v) is 4.96. The summed E-state index contributed by atoms with van der Waals surface area (Å²) >= 11 is 1.50. The SMILES string of the molecule is O=[N+]([O-])c1ccc(OCc2nc(-c3ccsc3)no2)c(F)c1. The van der Waals surface area contributed by atoms with Gasteiger partial charge in [-0.2, -0.15) is 16.3 Å². The molecular formula is C13H8FN3O4S. The van der Waals surface area contributed by atoms with Crippen LogP contribution in [-0.4, -0.2) is 15.1 Å². The maximum atomic E-state index is 13.6. The second-order valence-electron chi connectivity index (χ2n) is 4.18. The first-order chi connectivity index (χ1) is 10.6. The summed E-state index contributed by atoms with van der Waals surface area (Å²) in [5, 5.41) is 18.1. The number of nitro benzene ring substituents is 1. The summed E-state index contributed by atoms with van der Waals surface area (Å²) in [6, 6.07) is 4.97. The zero-order chi connectivity index (χ0) is 15.5. The fraction of sp³-hybridized carbons (Fsp3) is 0.0769. The van der Waals surface area contributed by atoms with Crippen LogP contribution in [0.3, 0.4) is 0 Å². The summed E-state index contributed by atoms with van der Waals surface area (Å²) in [5.74, 6) is -0.351. The smallest absolute Gasteiger partial charge is 0.272 e. The van der Waals surface area contributed by atoms with Crippen molar-refractivity contribution in [3.8, 4) is 17.1 Å². The lowest BCUT2D eigenvalue weighted by molar-refractivity contribution is -0.385. The third-order valence-electron chi connectivity index (χ3n) is 2.72. The van der Waals surface area contributed by atoms with Gasteiger partial charge in [-0.1, -0.05) is 5.16 Å². The van der Waals surface area contributed by atoms with Gasteiger partial charge in [-0.3, -0.25) is 10.1 Å². The van der Waals surface area contributed by atoms with E-state index in [4.69, 9.17) is 9.26 Å². The molecule has 0 spiro atoms. The molecule has 0 radical (unpaired) electrons. The molecule has 0 amide bonds. The second kappa shape index (κ2) is 5.90. The number of benzene rings is 1. The molecule has 112 valence electrons. The molecule has 7 nitrogen and oxygen atoms in total. The number of ether oxygens (including phenoxy) is 1. The van der Waals surface area contributed by atoms with E-state index in [0.717, 1.165) is 17.7 Å². The molecule has 0 bridgehead atoms. The number of rotatable bonds is 5. The molecule has 3 aromatic rings. The average Bonchev–Trinajstić information content (AvgIpc) is 3.16. The molecule has 0 fully saturated rings. The lowest BCUT2D eigenvalue weighted by Gasteiger charge is -2.03. The van der Waals surface area contributed by atoms with Crippen LogP contribution in [0.15, 0.2) is 39.5 Å². The van der Waals surface area contributed by atoms with E-state index >= 15 is 0 Å². The van der Waals surface area contributed by atoms with E-state index in [1.165, 1.54) is 17.4 Å². The molecular weight excluding hydrogens is 313 g/mol. The molecule has 0 aliphatic heterocycles. The molecule has 0 saturated heterocycles. The van der Waals surface area contributed by atoms with E-state index < -0.39 is 10.7 Å². The number of hydrogen-bond donors (Lipinski definition) is 0. The van der Waals surface area contributed by atoms with Crippen LogP contribution >= 0.6 is 11.3 Å². The third kappa shape index (κ3) is 2.93. The molecule has 3 rings (SSSR count). The Morgan fingerprint density at radius 2 is 2.27 bits per heavy atom. The van der Waals surface area contributed by atoms with E-state index in [2.05, 4.69) is 10.1 Å². The minimum absolute atomic E-state index is 0.124. The maximum Gasteiger partial charge on any atom is 0.272 e. The van der Waals surface area contributed by atoms with Gasteiger partial charge in [0.2, 0.25) is 5.82 Å². The molecule has 0 N–H and O–H groups in total. The van der Waals surface area contributed by atoms with E-state index in [1.54, 1.807) is 0 Å². The van der Waals surface area contributed by atoms with Gasteiger partial charge in [0, 0.05) is 17.0 Å². The van der Waals surface area contributed by atoms with Gasteiger partial charge in [-0.05, 0) is 17.5 Å². The Labute approximate surface area is 127 Å². The number of nitrogens with zero attached hydrogens (tertiary/aromatic N) is 3. The lowest BCUT2D eigenvalue weighted by atomic mass is 10.3.